The molecule has 0 radical (unpaired) electrons. The van der Waals surface area contributed by atoms with Crippen molar-refractivity contribution in [1.82, 2.24) is 15.0 Å². The van der Waals surface area contributed by atoms with E-state index in [1.807, 2.05) is 24.3 Å². The van der Waals surface area contributed by atoms with Crippen LogP contribution in [0.1, 0.15) is 39.5 Å². The zero-order valence-corrected chi connectivity index (χ0v) is 17.7. The summed E-state index contributed by atoms with van der Waals surface area (Å²) in [6, 6.07) is 12.4. The van der Waals surface area contributed by atoms with E-state index in [9.17, 15) is 10.2 Å². The first kappa shape index (κ1) is 22.1. The van der Waals surface area contributed by atoms with E-state index >= 15 is 0 Å². The number of rotatable bonds is 12. The Bertz CT molecular complexity index is 889. The average molecular weight is 414 g/mol. The number of aromatic nitrogens is 3. The van der Waals surface area contributed by atoms with E-state index < -0.39 is 6.10 Å². The highest BCUT2D eigenvalue weighted by Crippen LogP contribution is 2.27. The summed E-state index contributed by atoms with van der Waals surface area (Å²) >= 11 is 0. The molecule has 0 amide bonds. The van der Waals surface area contributed by atoms with E-state index in [0.717, 1.165) is 36.7 Å². The van der Waals surface area contributed by atoms with Crippen molar-refractivity contribution in [3.8, 4) is 17.2 Å². The number of aliphatic hydroxyl groups excluding tert-OH is 1. The van der Waals surface area contributed by atoms with Crippen molar-refractivity contribution in [2.24, 2.45) is 5.92 Å². The Hall–Kier alpha value is -2.64. The summed E-state index contributed by atoms with van der Waals surface area (Å²) in [5.41, 5.74) is 1.96. The molecule has 0 aliphatic rings. The van der Waals surface area contributed by atoms with E-state index in [0.29, 0.717) is 24.0 Å². The number of hydrogen-bond acceptors (Lipinski definition) is 6. The minimum Gasteiger partial charge on any atom is -0.505 e. The Balaban J connectivity index is 1.50. The molecule has 1 aromatic heterocycles. The van der Waals surface area contributed by atoms with Crippen LogP contribution in [0, 0.1) is 5.92 Å². The van der Waals surface area contributed by atoms with Gasteiger partial charge in [-0.1, -0.05) is 38.8 Å². The van der Waals surface area contributed by atoms with Crippen molar-refractivity contribution >= 4 is 11.0 Å². The lowest BCUT2D eigenvalue weighted by Gasteiger charge is -2.18. The maximum Gasteiger partial charge on any atom is 0.146 e. The van der Waals surface area contributed by atoms with Crippen LogP contribution in [0.25, 0.3) is 16.7 Å². The van der Waals surface area contributed by atoms with Crippen molar-refractivity contribution in [1.29, 1.82) is 0 Å². The highest BCUT2D eigenvalue weighted by atomic mass is 16.5. The first-order chi connectivity index (χ1) is 14.6. The molecule has 2 aromatic carbocycles. The molecule has 0 spiro atoms. The number of ether oxygens (including phenoxy) is 2. The van der Waals surface area contributed by atoms with E-state index in [1.165, 1.54) is 10.9 Å². The Morgan fingerprint density at radius 2 is 1.60 bits per heavy atom. The number of phenols is 1. The lowest BCUT2D eigenvalue weighted by atomic mass is 9.99. The smallest absolute Gasteiger partial charge is 0.146 e. The van der Waals surface area contributed by atoms with Crippen molar-refractivity contribution in [2.75, 3.05) is 19.8 Å². The van der Waals surface area contributed by atoms with Gasteiger partial charge in [-0.25, -0.2) is 0 Å². The van der Waals surface area contributed by atoms with Gasteiger partial charge in [0.1, 0.15) is 40.9 Å². The quantitative estimate of drug-likeness (QED) is 0.465. The Labute approximate surface area is 177 Å². The Morgan fingerprint density at radius 3 is 2.20 bits per heavy atom. The van der Waals surface area contributed by atoms with Gasteiger partial charge in [-0.2, -0.15) is 0 Å². The van der Waals surface area contributed by atoms with Crippen LogP contribution in [0.15, 0.2) is 42.5 Å². The summed E-state index contributed by atoms with van der Waals surface area (Å²) in [4.78, 5) is 1.40. The minimum absolute atomic E-state index is 0.000481. The summed E-state index contributed by atoms with van der Waals surface area (Å²) < 4.78 is 11.3. The molecule has 7 heteroatoms. The maximum atomic E-state index is 10.4. The molecule has 3 rings (SSSR count). The maximum absolute atomic E-state index is 10.4. The zero-order chi connectivity index (χ0) is 21.3. The number of aliphatic hydroxyl groups is 1. The first-order valence-corrected chi connectivity index (χ1v) is 10.6. The van der Waals surface area contributed by atoms with Crippen molar-refractivity contribution < 1.29 is 19.7 Å². The van der Waals surface area contributed by atoms with Gasteiger partial charge < -0.3 is 19.7 Å². The van der Waals surface area contributed by atoms with Gasteiger partial charge in [-0.3, -0.25) is 0 Å². The van der Waals surface area contributed by atoms with Crippen LogP contribution >= 0.6 is 0 Å². The third kappa shape index (κ3) is 5.93. The molecule has 0 bridgehead atoms. The van der Waals surface area contributed by atoms with Crippen LogP contribution in [-0.2, 0) is 4.74 Å². The summed E-state index contributed by atoms with van der Waals surface area (Å²) in [6.07, 6.45) is 3.85. The van der Waals surface area contributed by atoms with Crippen LogP contribution in [0.4, 0.5) is 0 Å². The molecule has 3 aromatic rings. The number of fused-ring (bicyclic) bond motifs is 1. The van der Waals surface area contributed by atoms with Gasteiger partial charge in [0.25, 0.3) is 0 Å². The van der Waals surface area contributed by atoms with Gasteiger partial charge >= 0.3 is 0 Å². The second-order valence-corrected chi connectivity index (χ2v) is 7.57. The highest BCUT2D eigenvalue weighted by Gasteiger charge is 2.12. The Kier molecular flexibility index (Phi) is 8.04. The molecule has 162 valence electrons. The molecule has 7 nitrogen and oxygen atoms in total. The molecule has 0 saturated heterocycles. The van der Waals surface area contributed by atoms with E-state index in [-0.39, 0.29) is 19.0 Å². The fraction of sp³-hybridized carbons (Fsp3) is 0.478. The van der Waals surface area contributed by atoms with Crippen molar-refractivity contribution in [2.45, 2.75) is 45.6 Å². The number of aromatic hydroxyl groups is 1. The van der Waals surface area contributed by atoms with Crippen molar-refractivity contribution in [3.05, 3.63) is 42.5 Å². The van der Waals surface area contributed by atoms with E-state index in [1.54, 1.807) is 12.1 Å². The van der Waals surface area contributed by atoms with Crippen LogP contribution in [0.3, 0.4) is 0 Å². The standard InChI is InChI=1S/C23H31N3O4/c1-3-7-17(8-4-2)14-29-15-18(27)16-30-19-11-12-22(23(28)13-19)26-24-20-9-5-6-10-21(20)25-26/h5-6,9-13,17-18,27-28H,3-4,7-8,14-16H2,1-2H3. The fourth-order valence-electron chi connectivity index (χ4n) is 3.47. The molecule has 1 heterocycles. The third-order valence-corrected chi connectivity index (χ3v) is 4.95. The lowest BCUT2D eigenvalue weighted by Crippen LogP contribution is -2.25. The molecule has 0 fully saturated rings. The fourth-order valence-corrected chi connectivity index (χ4v) is 3.47. The summed E-state index contributed by atoms with van der Waals surface area (Å²) in [7, 11) is 0. The topological polar surface area (TPSA) is 89.6 Å². The molecule has 0 aliphatic heterocycles. The molecular formula is C23H31N3O4. The monoisotopic (exact) mass is 413 g/mol. The number of nitrogens with zero attached hydrogens (tertiary/aromatic N) is 3. The normalized spacial score (nSPS) is 12.5. The van der Waals surface area contributed by atoms with Crippen LogP contribution in [-0.4, -0.2) is 51.1 Å². The van der Waals surface area contributed by atoms with Gasteiger partial charge in [0, 0.05) is 12.7 Å². The van der Waals surface area contributed by atoms with E-state index in [2.05, 4.69) is 24.0 Å². The van der Waals surface area contributed by atoms with Crippen LogP contribution in [0.2, 0.25) is 0 Å². The van der Waals surface area contributed by atoms with E-state index in [4.69, 9.17) is 9.47 Å². The summed E-state index contributed by atoms with van der Waals surface area (Å²) in [6.45, 7) is 5.35. The predicted molar refractivity (Wildman–Crippen MR) is 116 cm³/mol. The molecule has 0 saturated carbocycles. The number of benzene rings is 2. The van der Waals surface area contributed by atoms with Crippen molar-refractivity contribution in [3.63, 3.8) is 0 Å². The summed E-state index contributed by atoms with van der Waals surface area (Å²) in [5, 5.41) is 29.2. The van der Waals surface area contributed by atoms with Gasteiger partial charge in [-0.05, 0) is 43.0 Å². The average Bonchev–Trinajstić information content (AvgIpc) is 3.16. The largest absolute Gasteiger partial charge is 0.505 e. The van der Waals surface area contributed by atoms with Gasteiger partial charge in [0.15, 0.2) is 0 Å². The molecule has 2 N–H and O–H groups in total. The number of hydrogen-bond donors (Lipinski definition) is 2. The second kappa shape index (κ2) is 10.9. The molecule has 1 unspecified atom stereocenters. The highest BCUT2D eigenvalue weighted by molar-refractivity contribution is 5.73. The zero-order valence-electron chi connectivity index (χ0n) is 17.7. The summed E-state index contributed by atoms with van der Waals surface area (Å²) in [5.74, 6) is 1.01. The van der Waals surface area contributed by atoms with Crippen LogP contribution < -0.4 is 4.74 Å². The molecular weight excluding hydrogens is 382 g/mol. The molecule has 1 atom stereocenters. The Morgan fingerprint density at radius 1 is 0.933 bits per heavy atom. The van der Waals surface area contributed by atoms with Crippen LogP contribution in [0.5, 0.6) is 11.5 Å². The SMILES string of the molecule is CCCC(CCC)COCC(O)COc1ccc(-n2nc3ccccc3n2)c(O)c1. The predicted octanol–water partition coefficient (Wildman–Crippen LogP) is 4.10. The van der Waals surface area contributed by atoms with Gasteiger partial charge in [0.2, 0.25) is 0 Å². The van der Waals surface area contributed by atoms with Gasteiger partial charge in [0.05, 0.1) is 6.61 Å². The minimum atomic E-state index is -0.728. The second-order valence-electron chi connectivity index (χ2n) is 7.57. The lowest BCUT2D eigenvalue weighted by molar-refractivity contribution is -0.00156. The molecule has 30 heavy (non-hydrogen) atoms. The molecule has 0 aliphatic carbocycles. The number of phenolic OH excluding ortho intramolecular Hbond substituents is 1. The third-order valence-electron chi connectivity index (χ3n) is 4.95. The van der Waals surface area contributed by atoms with Gasteiger partial charge in [-0.15, -0.1) is 15.0 Å². The first-order valence-electron chi connectivity index (χ1n) is 10.6.